The van der Waals surface area contributed by atoms with Gasteiger partial charge >= 0.3 is 0 Å². The second-order valence-electron chi connectivity index (χ2n) is 4.76. The second-order valence-corrected chi connectivity index (χ2v) is 4.76. The number of likely N-dealkylation sites (N-methyl/N-ethyl adjacent to an activating group) is 1. The van der Waals surface area contributed by atoms with Crippen LogP contribution in [0, 0.1) is 11.7 Å². The van der Waals surface area contributed by atoms with E-state index in [0.29, 0.717) is 5.92 Å². The van der Waals surface area contributed by atoms with Crippen LogP contribution in [0.15, 0.2) is 24.3 Å². The summed E-state index contributed by atoms with van der Waals surface area (Å²) in [4.78, 5) is 0. The van der Waals surface area contributed by atoms with Crippen molar-refractivity contribution in [2.24, 2.45) is 5.92 Å². The van der Waals surface area contributed by atoms with Gasteiger partial charge in [-0.3, -0.25) is 0 Å². The molecule has 0 spiro atoms. The number of rotatable bonds is 5. The molecule has 0 radical (unpaired) electrons. The molecule has 1 fully saturated rings. The smallest absolute Gasteiger partial charge is 0.123 e. The van der Waals surface area contributed by atoms with Crippen molar-refractivity contribution in [1.82, 2.24) is 5.32 Å². The molecule has 0 bridgehead atoms. The first kappa shape index (κ1) is 11.6. The van der Waals surface area contributed by atoms with Gasteiger partial charge in [-0.15, -0.1) is 0 Å². The molecule has 0 amide bonds. The van der Waals surface area contributed by atoms with Gasteiger partial charge in [-0.2, -0.15) is 0 Å². The maximum absolute atomic E-state index is 13.3. The van der Waals surface area contributed by atoms with Crippen molar-refractivity contribution in [3.8, 4) is 0 Å². The molecule has 88 valence electrons. The summed E-state index contributed by atoms with van der Waals surface area (Å²) in [7, 11) is 0. The Kier molecular flexibility index (Phi) is 3.29. The van der Waals surface area contributed by atoms with Crippen molar-refractivity contribution in [1.29, 1.82) is 0 Å². The van der Waals surface area contributed by atoms with Crippen LogP contribution in [0.2, 0.25) is 0 Å². The minimum atomic E-state index is -0.116. The predicted molar refractivity (Wildman–Crippen MR) is 65.0 cm³/mol. The van der Waals surface area contributed by atoms with E-state index in [9.17, 15) is 4.39 Å². The summed E-state index contributed by atoms with van der Waals surface area (Å²) >= 11 is 0. The zero-order valence-electron chi connectivity index (χ0n) is 10.1. The predicted octanol–water partition coefficient (Wildman–Crippen LogP) is 3.10. The summed E-state index contributed by atoms with van der Waals surface area (Å²) in [5.41, 5.74) is 1.37. The van der Waals surface area contributed by atoms with E-state index in [1.54, 1.807) is 6.07 Å². The first-order valence-corrected chi connectivity index (χ1v) is 6.19. The van der Waals surface area contributed by atoms with Crippen molar-refractivity contribution in [2.45, 2.75) is 32.1 Å². The molecule has 2 atom stereocenters. The normalized spacial score (nSPS) is 28.1. The van der Waals surface area contributed by atoms with Gasteiger partial charge in [0.1, 0.15) is 5.82 Å². The van der Waals surface area contributed by atoms with Crippen LogP contribution < -0.4 is 5.32 Å². The fourth-order valence-corrected chi connectivity index (χ4v) is 2.73. The van der Waals surface area contributed by atoms with Crippen molar-refractivity contribution in [3.05, 3.63) is 35.6 Å². The number of hydrogen-bond donors (Lipinski definition) is 1. The topological polar surface area (TPSA) is 12.0 Å². The van der Waals surface area contributed by atoms with Gasteiger partial charge in [0.15, 0.2) is 0 Å². The Labute approximate surface area is 97.1 Å². The van der Waals surface area contributed by atoms with Gasteiger partial charge in [0.05, 0.1) is 0 Å². The van der Waals surface area contributed by atoms with Gasteiger partial charge in [0.25, 0.3) is 0 Å². The molecule has 0 saturated heterocycles. The molecule has 2 rings (SSSR count). The van der Waals surface area contributed by atoms with E-state index in [2.05, 4.69) is 25.2 Å². The molecule has 1 nitrogen and oxygen atoms in total. The standard InChI is InChI=1S/C14H20FN/c1-3-11-9-14(11,10-16-4-2)12-6-5-7-13(15)8-12/h5-8,11,16H,3-4,9-10H2,1-2H3. The van der Waals surface area contributed by atoms with E-state index < -0.39 is 0 Å². The summed E-state index contributed by atoms with van der Waals surface area (Å²) in [5.74, 6) is 0.600. The fourth-order valence-electron chi connectivity index (χ4n) is 2.73. The molecular weight excluding hydrogens is 201 g/mol. The molecule has 1 aliphatic rings. The zero-order valence-corrected chi connectivity index (χ0v) is 10.1. The van der Waals surface area contributed by atoms with E-state index in [1.165, 1.54) is 24.5 Å². The summed E-state index contributed by atoms with van der Waals surface area (Å²) in [6, 6.07) is 7.11. The van der Waals surface area contributed by atoms with Gasteiger partial charge in [-0.05, 0) is 36.6 Å². The van der Waals surface area contributed by atoms with E-state index >= 15 is 0 Å². The summed E-state index contributed by atoms with van der Waals surface area (Å²) in [6.07, 6.45) is 2.38. The number of halogens is 1. The zero-order chi connectivity index (χ0) is 11.6. The molecule has 2 unspecified atom stereocenters. The van der Waals surface area contributed by atoms with Crippen LogP contribution in [0.3, 0.4) is 0 Å². The lowest BCUT2D eigenvalue weighted by molar-refractivity contribution is 0.529. The van der Waals surface area contributed by atoms with E-state index in [4.69, 9.17) is 0 Å². The molecule has 1 aliphatic carbocycles. The molecule has 0 aromatic heterocycles. The average molecular weight is 221 g/mol. The van der Waals surface area contributed by atoms with Crippen LogP contribution in [0.5, 0.6) is 0 Å². The Balaban J connectivity index is 2.20. The Morgan fingerprint density at radius 3 is 2.81 bits per heavy atom. The lowest BCUT2D eigenvalue weighted by Crippen LogP contribution is -2.28. The molecule has 1 saturated carbocycles. The van der Waals surface area contributed by atoms with E-state index in [1.807, 2.05) is 6.07 Å². The van der Waals surface area contributed by atoms with Gasteiger partial charge < -0.3 is 5.32 Å². The fraction of sp³-hybridized carbons (Fsp3) is 0.571. The third-order valence-electron chi connectivity index (χ3n) is 3.81. The number of benzene rings is 1. The minimum Gasteiger partial charge on any atom is -0.316 e. The van der Waals surface area contributed by atoms with Gasteiger partial charge in [0, 0.05) is 12.0 Å². The van der Waals surface area contributed by atoms with Crippen LogP contribution in [0.4, 0.5) is 4.39 Å². The highest BCUT2D eigenvalue weighted by molar-refractivity contribution is 5.34. The highest BCUT2D eigenvalue weighted by Gasteiger charge is 2.53. The lowest BCUT2D eigenvalue weighted by atomic mass is 9.92. The van der Waals surface area contributed by atoms with Crippen LogP contribution >= 0.6 is 0 Å². The molecular formula is C14H20FN. The highest BCUT2D eigenvalue weighted by Crippen LogP contribution is 2.55. The van der Waals surface area contributed by atoms with Crippen molar-refractivity contribution >= 4 is 0 Å². The Hall–Kier alpha value is -0.890. The monoisotopic (exact) mass is 221 g/mol. The molecule has 0 aliphatic heterocycles. The summed E-state index contributed by atoms with van der Waals surface area (Å²) < 4.78 is 13.3. The van der Waals surface area contributed by atoms with Crippen LogP contribution in [0.1, 0.15) is 32.3 Å². The maximum Gasteiger partial charge on any atom is 0.123 e. The van der Waals surface area contributed by atoms with Crippen molar-refractivity contribution in [2.75, 3.05) is 13.1 Å². The summed E-state index contributed by atoms with van der Waals surface area (Å²) in [6.45, 7) is 6.29. The van der Waals surface area contributed by atoms with Crippen LogP contribution in [0.25, 0.3) is 0 Å². The Bertz CT molecular complexity index is 364. The summed E-state index contributed by atoms with van der Waals surface area (Å²) in [5, 5.41) is 3.41. The first-order chi connectivity index (χ1) is 7.73. The van der Waals surface area contributed by atoms with Gasteiger partial charge in [0.2, 0.25) is 0 Å². The third-order valence-corrected chi connectivity index (χ3v) is 3.81. The van der Waals surface area contributed by atoms with Gasteiger partial charge in [-0.1, -0.05) is 32.4 Å². The Morgan fingerprint density at radius 1 is 1.44 bits per heavy atom. The van der Waals surface area contributed by atoms with Crippen molar-refractivity contribution in [3.63, 3.8) is 0 Å². The molecule has 16 heavy (non-hydrogen) atoms. The van der Waals surface area contributed by atoms with Crippen LogP contribution in [-0.4, -0.2) is 13.1 Å². The minimum absolute atomic E-state index is 0.116. The SMILES string of the molecule is CCNCC1(c2cccc(F)c2)CC1CC. The molecule has 1 aromatic rings. The molecule has 2 heteroatoms. The number of nitrogens with one attached hydrogen (secondary N) is 1. The second kappa shape index (κ2) is 4.54. The molecule has 1 N–H and O–H groups in total. The van der Waals surface area contributed by atoms with Crippen molar-refractivity contribution < 1.29 is 4.39 Å². The number of hydrogen-bond acceptors (Lipinski definition) is 1. The first-order valence-electron chi connectivity index (χ1n) is 6.19. The average Bonchev–Trinajstić information content (AvgIpc) is 3.01. The maximum atomic E-state index is 13.3. The van der Waals surface area contributed by atoms with E-state index in [0.717, 1.165) is 13.1 Å². The van der Waals surface area contributed by atoms with E-state index in [-0.39, 0.29) is 11.2 Å². The highest BCUT2D eigenvalue weighted by atomic mass is 19.1. The molecule has 0 heterocycles. The largest absolute Gasteiger partial charge is 0.316 e. The van der Waals surface area contributed by atoms with Crippen LogP contribution in [-0.2, 0) is 5.41 Å². The lowest BCUT2D eigenvalue weighted by Gasteiger charge is -2.18. The molecule has 1 aromatic carbocycles. The quantitative estimate of drug-likeness (QED) is 0.805. The third kappa shape index (κ3) is 1.99. The Morgan fingerprint density at radius 2 is 2.25 bits per heavy atom. The van der Waals surface area contributed by atoms with Gasteiger partial charge in [-0.25, -0.2) is 4.39 Å².